The molecule has 0 fully saturated rings. The Morgan fingerprint density at radius 1 is 1.07 bits per heavy atom. The highest BCUT2D eigenvalue weighted by atomic mass is 17.2. The highest BCUT2D eigenvalue weighted by molar-refractivity contribution is 4.61. The maximum atomic E-state index is 9.78. The molecule has 0 aliphatic rings. The molecule has 0 saturated heterocycles. The van der Waals surface area contributed by atoms with Crippen molar-refractivity contribution in [2.75, 3.05) is 0 Å². The van der Waals surface area contributed by atoms with Crippen molar-refractivity contribution in [1.29, 1.82) is 0 Å². The van der Waals surface area contributed by atoms with E-state index in [9.17, 15) is 5.11 Å². The van der Waals surface area contributed by atoms with E-state index in [1.54, 1.807) is 6.92 Å². The van der Waals surface area contributed by atoms with Gasteiger partial charge in [0.25, 0.3) is 0 Å². The Labute approximate surface area is 87.3 Å². The smallest absolute Gasteiger partial charge is 0.196 e. The predicted molar refractivity (Wildman–Crippen MR) is 56.6 cm³/mol. The van der Waals surface area contributed by atoms with Gasteiger partial charge in [-0.2, -0.15) is 0 Å². The van der Waals surface area contributed by atoms with Crippen LogP contribution < -0.4 is 0 Å². The first kappa shape index (κ1) is 13.9. The minimum atomic E-state index is -1.18. The molecule has 1 N–H and O–H groups in total. The number of hydrogen-bond acceptors (Lipinski definition) is 3. The summed E-state index contributed by atoms with van der Waals surface area (Å²) in [5.41, 5.74) is -0.387. The lowest BCUT2D eigenvalue weighted by Crippen LogP contribution is -2.33. The molecular formula is C11H24O3. The lowest BCUT2D eigenvalue weighted by Gasteiger charge is -2.27. The molecule has 0 aliphatic heterocycles. The molecule has 14 heavy (non-hydrogen) atoms. The lowest BCUT2D eigenvalue weighted by atomic mass is 10.0. The van der Waals surface area contributed by atoms with Gasteiger partial charge in [0.05, 0.1) is 5.60 Å². The zero-order valence-electron chi connectivity index (χ0n) is 10.3. The fraction of sp³-hybridized carbons (Fsp3) is 1.00. The largest absolute Gasteiger partial charge is 0.363 e. The molecule has 3 heteroatoms. The summed E-state index contributed by atoms with van der Waals surface area (Å²) < 4.78 is 0. The minimum absolute atomic E-state index is 0.387. The van der Waals surface area contributed by atoms with Crippen LogP contribution in [0.2, 0.25) is 0 Å². The van der Waals surface area contributed by atoms with Gasteiger partial charge in [-0.3, -0.25) is 0 Å². The summed E-state index contributed by atoms with van der Waals surface area (Å²) in [6.45, 7) is 11.5. The first-order valence-electron chi connectivity index (χ1n) is 5.22. The molecule has 0 aromatic rings. The Morgan fingerprint density at radius 2 is 1.57 bits per heavy atom. The lowest BCUT2D eigenvalue weighted by molar-refractivity contribution is -0.448. The van der Waals surface area contributed by atoms with Crippen LogP contribution >= 0.6 is 0 Å². The van der Waals surface area contributed by atoms with Crippen LogP contribution in [0.15, 0.2) is 0 Å². The summed E-state index contributed by atoms with van der Waals surface area (Å²) in [5.74, 6) is -0.628. The Kier molecular flexibility index (Phi) is 5.06. The Morgan fingerprint density at radius 3 is 1.93 bits per heavy atom. The van der Waals surface area contributed by atoms with Crippen LogP contribution in [0.3, 0.4) is 0 Å². The fourth-order valence-electron chi connectivity index (χ4n) is 0.813. The third-order valence-electron chi connectivity index (χ3n) is 1.66. The Bertz CT molecular complexity index is 156. The van der Waals surface area contributed by atoms with Crippen molar-refractivity contribution in [2.45, 2.75) is 65.8 Å². The van der Waals surface area contributed by atoms with Gasteiger partial charge >= 0.3 is 0 Å². The molecule has 0 amide bonds. The quantitative estimate of drug-likeness (QED) is 0.425. The third kappa shape index (κ3) is 8.48. The van der Waals surface area contributed by atoms with Crippen molar-refractivity contribution in [2.24, 2.45) is 5.92 Å². The molecule has 3 nitrogen and oxygen atoms in total. The molecule has 0 aromatic heterocycles. The van der Waals surface area contributed by atoms with E-state index in [1.807, 2.05) is 20.8 Å². The van der Waals surface area contributed by atoms with Crippen LogP contribution in [0.25, 0.3) is 0 Å². The third-order valence-corrected chi connectivity index (χ3v) is 1.66. The van der Waals surface area contributed by atoms with Crippen LogP contribution in [0.1, 0.15) is 54.4 Å². The maximum Gasteiger partial charge on any atom is 0.196 e. The van der Waals surface area contributed by atoms with E-state index < -0.39 is 5.79 Å². The van der Waals surface area contributed by atoms with Crippen molar-refractivity contribution in [1.82, 2.24) is 0 Å². The summed E-state index contributed by atoms with van der Waals surface area (Å²) in [6.07, 6.45) is 1.50. The minimum Gasteiger partial charge on any atom is -0.363 e. The van der Waals surface area contributed by atoms with Gasteiger partial charge in [-0.05, 0) is 40.0 Å². The normalized spacial score (nSPS) is 17.1. The second-order valence-electron chi connectivity index (χ2n) is 5.39. The molecule has 0 heterocycles. The molecule has 1 atom stereocenters. The summed E-state index contributed by atoms with van der Waals surface area (Å²) >= 11 is 0. The first-order chi connectivity index (χ1) is 6.12. The summed E-state index contributed by atoms with van der Waals surface area (Å²) in [4.78, 5) is 10.1. The van der Waals surface area contributed by atoms with E-state index in [2.05, 4.69) is 13.8 Å². The SMILES string of the molecule is CC(C)CCC(C)(O)OOC(C)(C)C. The summed E-state index contributed by atoms with van der Waals surface area (Å²) in [5, 5.41) is 9.78. The monoisotopic (exact) mass is 204 g/mol. The van der Waals surface area contributed by atoms with Crippen molar-refractivity contribution in [3.63, 3.8) is 0 Å². The number of hydrogen-bond donors (Lipinski definition) is 1. The summed E-state index contributed by atoms with van der Waals surface area (Å²) in [6, 6.07) is 0. The van der Waals surface area contributed by atoms with Crippen molar-refractivity contribution < 1.29 is 14.9 Å². The van der Waals surface area contributed by atoms with Gasteiger partial charge in [-0.25, -0.2) is 9.78 Å². The average molecular weight is 204 g/mol. The first-order valence-corrected chi connectivity index (χ1v) is 5.22. The van der Waals surface area contributed by atoms with Crippen molar-refractivity contribution in [3.05, 3.63) is 0 Å². The fourth-order valence-corrected chi connectivity index (χ4v) is 0.813. The molecule has 0 aromatic carbocycles. The molecule has 0 aliphatic carbocycles. The van der Waals surface area contributed by atoms with Crippen LogP contribution in [0, 0.1) is 5.92 Å². The van der Waals surface area contributed by atoms with E-state index in [1.165, 1.54) is 0 Å². The van der Waals surface area contributed by atoms with Gasteiger partial charge in [-0.1, -0.05) is 13.8 Å². The molecule has 0 saturated carbocycles. The molecular weight excluding hydrogens is 180 g/mol. The van der Waals surface area contributed by atoms with Crippen molar-refractivity contribution >= 4 is 0 Å². The van der Waals surface area contributed by atoms with Crippen LogP contribution in [0.4, 0.5) is 0 Å². The van der Waals surface area contributed by atoms with E-state index >= 15 is 0 Å². The van der Waals surface area contributed by atoms with Gasteiger partial charge in [0, 0.05) is 6.42 Å². The van der Waals surface area contributed by atoms with Gasteiger partial charge in [0.1, 0.15) is 0 Å². The standard InChI is InChI=1S/C11H24O3/c1-9(2)7-8-11(6,12)14-13-10(3,4)5/h9,12H,7-8H2,1-6H3. The van der Waals surface area contributed by atoms with Gasteiger partial charge in [-0.15, -0.1) is 0 Å². The van der Waals surface area contributed by atoms with Gasteiger partial charge in [0.2, 0.25) is 0 Å². The van der Waals surface area contributed by atoms with Crippen LogP contribution in [-0.2, 0) is 9.78 Å². The Balaban J connectivity index is 3.83. The number of aliphatic hydroxyl groups is 1. The topological polar surface area (TPSA) is 38.7 Å². The Hall–Kier alpha value is -0.120. The highest BCUT2D eigenvalue weighted by Gasteiger charge is 2.25. The molecule has 0 bridgehead atoms. The maximum absolute atomic E-state index is 9.78. The second-order valence-corrected chi connectivity index (χ2v) is 5.39. The van der Waals surface area contributed by atoms with Gasteiger partial charge < -0.3 is 5.11 Å². The van der Waals surface area contributed by atoms with Crippen LogP contribution in [-0.4, -0.2) is 16.5 Å². The molecule has 0 radical (unpaired) electrons. The average Bonchev–Trinajstić information content (AvgIpc) is 1.97. The molecule has 1 unspecified atom stereocenters. The zero-order chi connectivity index (χ0) is 11.4. The van der Waals surface area contributed by atoms with Crippen molar-refractivity contribution in [3.8, 4) is 0 Å². The van der Waals surface area contributed by atoms with E-state index in [0.717, 1.165) is 6.42 Å². The van der Waals surface area contributed by atoms with Gasteiger partial charge in [0.15, 0.2) is 5.79 Å². The molecule has 0 spiro atoms. The molecule has 0 rings (SSSR count). The van der Waals surface area contributed by atoms with E-state index in [0.29, 0.717) is 12.3 Å². The predicted octanol–water partition coefficient (Wildman–Crippen LogP) is 2.88. The zero-order valence-corrected chi connectivity index (χ0v) is 10.3. The number of rotatable bonds is 5. The van der Waals surface area contributed by atoms with E-state index in [-0.39, 0.29) is 5.60 Å². The van der Waals surface area contributed by atoms with E-state index in [4.69, 9.17) is 9.78 Å². The summed E-state index contributed by atoms with van der Waals surface area (Å²) in [7, 11) is 0. The van der Waals surface area contributed by atoms with Crippen LogP contribution in [0.5, 0.6) is 0 Å². The highest BCUT2D eigenvalue weighted by Crippen LogP contribution is 2.20. The second kappa shape index (κ2) is 5.10. The molecule has 86 valence electrons.